The van der Waals surface area contributed by atoms with E-state index in [1.807, 2.05) is 31.2 Å². The molecule has 0 spiro atoms. The molecule has 19 heavy (non-hydrogen) atoms. The first kappa shape index (κ1) is 13.5. The Bertz CT molecular complexity index is 486. The van der Waals surface area contributed by atoms with Crippen LogP contribution in [0.5, 0.6) is 11.5 Å². The molecule has 0 aliphatic heterocycles. The van der Waals surface area contributed by atoms with E-state index in [1.165, 1.54) is 11.1 Å². The molecule has 0 amide bonds. The van der Waals surface area contributed by atoms with Crippen LogP contribution in [0.3, 0.4) is 0 Å². The molecule has 0 bridgehead atoms. The first-order valence-electron chi connectivity index (χ1n) is 6.79. The van der Waals surface area contributed by atoms with Gasteiger partial charge < -0.3 is 9.47 Å². The minimum absolute atomic E-state index is 0.697. The molecule has 2 rings (SSSR count). The molecule has 100 valence electrons. The lowest BCUT2D eigenvalue weighted by Gasteiger charge is -2.07. The summed E-state index contributed by atoms with van der Waals surface area (Å²) < 4.78 is 11.0. The van der Waals surface area contributed by atoms with Gasteiger partial charge in [0.05, 0.1) is 13.2 Å². The summed E-state index contributed by atoms with van der Waals surface area (Å²) in [5.74, 6) is 1.84. The van der Waals surface area contributed by atoms with Gasteiger partial charge in [0.2, 0.25) is 0 Å². The van der Waals surface area contributed by atoms with Gasteiger partial charge in [0.25, 0.3) is 0 Å². The fourth-order valence-corrected chi connectivity index (χ4v) is 1.87. The van der Waals surface area contributed by atoms with Crippen molar-refractivity contribution in [2.24, 2.45) is 0 Å². The van der Waals surface area contributed by atoms with E-state index >= 15 is 0 Å². The zero-order valence-corrected chi connectivity index (χ0v) is 11.6. The number of benzene rings is 2. The second-order valence-electron chi connectivity index (χ2n) is 4.33. The Balaban J connectivity index is 2.08. The Morgan fingerprint density at radius 3 is 1.58 bits per heavy atom. The molecule has 2 heteroatoms. The van der Waals surface area contributed by atoms with Crippen molar-refractivity contribution in [1.29, 1.82) is 0 Å². The van der Waals surface area contributed by atoms with Crippen LogP contribution < -0.4 is 9.47 Å². The predicted octanol–water partition coefficient (Wildman–Crippen LogP) is 4.54. The third-order valence-corrected chi connectivity index (χ3v) is 2.83. The zero-order valence-electron chi connectivity index (χ0n) is 11.6. The summed E-state index contributed by atoms with van der Waals surface area (Å²) in [6.45, 7) is 5.56. The third-order valence-electron chi connectivity index (χ3n) is 2.83. The normalized spacial score (nSPS) is 10.2. The lowest BCUT2D eigenvalue weighted by molar-refractivity contribution is 0.317. The molecule has 0 atom stereocenters. The van der Waals surface area contributed by atoms with Crippen LogP contribution in [0.25, 0.3) is 11.1 Å². The molecule has 0 N–H and O–H groups in total. The summed E-state index contributed by atoms with van der Waals surface area (Å²) in [7, 11) is 0. The van der Waals surface area contributed by atoms with E-state index in [-0.39, 0.29) is 0 Å². The van der Waals surface area contributed by atoms with E-state index in [9.17, 15) is 0 Å². The van der Waals surface area contributed by atoms with Crippen molar-refractivity contribution in [3.8, 4) is 22.6 Å². The molecular formula is C17H20O2. The first-order chi connectivity index (χ1) is 9.33. The van der Waals surface area contributed by atoms with Crippen LogP contribution in [-0.2, 0) is 0 Å². The van der Waals surface area contributed by atoms with Gasteiger partial charge in [0.1, 0.15) is 11.5 Å². The lowest BCUT2D eigenvalue weighted by atomic mass is 10.1. The number of hydrogen-bond acceptors (Lipinski definition) is 2. The highest BCUT2D eigenvalue weighted by atomic mass is 16.5. The zero-order chi connectivity index (χ0) is 13.5. The van der Waals surface area contributed by atoms with Crippen LogP contribution in [0.1, 0.15) is 20.3 Å². The van der Waals surface area contributed by atoms with Crippen LogP contribution in [0.15, 0.2) is 48.5 Å². The summed E-state index contributed by atoms with van der Waals surface area (Å²) in [6.07, 6.45) is 1.03. The molecule has 2 nitrogen and oxygen atoms in total. The van der Waals surface area contributed by atoms with Gasteiger partial charge in [-0.3, -0.25) is 0 Å². The summed E-state index contributed by atoms with van der Waals surface area (Å²) in [5, 5.41) is 0. The minimum Gasteiger partial charge on any atom is -0.494 e. The molecular weight excluding hydrogens is 236 g/mol. The Labute approximate surface area is 115 Å². The lowest BCUT2D eigenvalue weighted by Crippen LogP contribution is -1.94. The van der Waals surface area contributed by atoms with Crippen LogP contribution in [0.2, 0.25) is 0 Å². The SMILES string of the molecule is CCCOc1ccc(-c2ccc(OCC)cc2)cc1. The van der Waals surface area contributed by atoms with Crippen molar-refractivity contribution < 1.29 is 9.47 Å². The summed E-state index contributed by atoms with van der Waals surface area (Å²) in [6, 6.07) is 16.4. The maximum absolute atomic E-state index is 5.58. The summed E-state index contributed by atoms with van der Waals surface area (Å²) in [4.78, 5) is 0. The quantitative estimate of drug-likeness (QED) is 0.755. The van der Waals surface area contributed by atoms with Gasteiger partial charge in [-0.05, 0) is 48.7 Å². The molecule has 0 saturated heterocycles. The van der Waals surface area contributed by atoms with Crippen LogP contribution in [0, 0.1) is 0 Å². The Morgan fingerprint density at radius 2 is 1.16 bits per heavy atom. The van der Waals surface area contributed by atoms with E-state index in [4.69, 9.17) is 9.47 Å². The van der Waals surface area contributed by atoms with Gasteiger partial charge >= 0.3 is 0 Å². The molecule has 0 heterocycles. The number of ether oxygens (including phenoxy) is 2. The molecule has 0 aliphatic carbocycles. The smallest absolute Gasteiger partial charge is 0.119 e. The van der Waals surface area contributed by atoms with Crippen molar-refractivity contribution in [3.63, 3.8) is 0 Å². The predicted molar refractivity (Wildman–Crippen MR) is 78.8 cm³/mol. The highest BCUT2D eigenvalue weighted by molar-refractivity contribution is 5.64. The molecule has 0 aromatic heterocycles. The van der Waals surface area contributed by atoms with Crippen LogP contribution >= 0.6 is 0 Å². The van der Waals surface area contributed by atoms with Gasteiger partial charge in [0, 0.05) is 0 Å². The van der Waals surface area contributed by atoms with Crippen LogP contribution in [0.4, 0.5) is 0 Å². The van der Waals surface area contributed by atoms with Gasteiger partial charge in [-0.1, -0.05) is 31.2 Å². The molecule has 0 fully saturated rings. The fourth-order valence-electron chi connectivity index (χ4n) is 1.87. The van der Waals surface area contributed by atoms with Gasteiger partial charge in [-0.15, -0.1) is 0 Å². The summed E-state index contributed by atoms with van der Waals surface area (Å²) in [5.41, 5.74) is 2.37. The highest BCUT2D eigenvalue weighted by Gasteiger charge is 1.99. The first-order valence-corrected chi connectivity index (χ1v) is 6.79. The second kappa shape index (κ2) is 6.83. The van der Waals surface area contributed by atoms with Crippen molar-refractivity contribution >= 4 is 0 Å². The van der Waals surface area contributed by atoms with Gasteiger partial charge in [-0.25, -0.2) is 0 Å². The highest BCUT2D eigenvalue weighted by Crippen LogP contribution is 2.24. The van der Waals surface area contributed by atoms with Gasteiger partial charge in [-0.2, -0.15) is 0 Å². The Morgan fingerprint density at radius 1 is 0.684 bits per heavy atom. The average Bonchev–Trinajstić information content (AvgIpc) is 2.47. The Hall–Kier alpha value is -1.96. The van der Waals surface area contributed by atoms with E-state index in [0.29, 0.717) is 6.61 Å². The monoisotopic (exact) mass is 256 g/mol. The molecule has 0 aliphatic rings. The van der Waals surface area contributed by atoms with Crippen molar-refractivity contribution in [2.45, 2.75) is 20.3 Å². The second-order valence-corrected chi connectivity index (χ2v) is 4.33. The third kappa shape index (κ3) is 3.75. The minimum atomic E-state index is 0.697. The van der Waals surface area contributed by atoms with E-state index in [0.717, 1.165) is 24.5 Å². The largest absolute Gasteiger partial charge is 0.494 e. The van der Waals surface area contributed by atoms with Crippen molar-refractivity contribution in [3.05, 3.63) is 48.5 Å². The molecule has 0 unspecified atom stereocenters. The molecule has 2 aromatic carbocycles. The van der Waals surface area contributed by atoms with Crippen molar-refractivity contribution in [2.75, 3.05) is 13.2 Å². The molecule has 0 saturated carbocycles. The van der Waals surface area contributed by atoms with Crippen LogP contribution in [-0.4, -0.2) is 13.2 Å². The van der Waals surface area contributed by atoms with E-state index in [2.05, 4.69) is 31.2 Å². The standard InChI is InChI=1S/C17H20O2/c1-3-13-19-17-11-7-15(8-12-17)14-5-9-16(10-6-14)18-4-2/h5-12H,3-4,13H2,1-2H3. The van der Waals surface area contributed by atoms with E-state index < -0.39 is 0 Å². The van der Waals surface area contributed by atoms with Gasteiger partial charge in [0.15, 0.2) is 0 Å². The summed E-state index contributed by atoms with van der Waals surface area (Å²) >= 11 is 0. The molecule has 2 aromatic rings. The van der Waals surface area contributed by atoms with E-state index in [1.54, 1.807) is 0 Å². The average molecular weight is 256 g/mol. The number of hydrogen-bond donors (Lipinski definition) is 0. The Kier molecular flexibility index (Phi) is 4.85. The number of rotatable bonds is 6. The van der Waals surface area contributed by atoms with Crippen molar-refractivity contribution in [1.82, 2.24) is 0 Å². The fraction of sp³-hybridized carbons (Fsp3) is 0.294. The maximum atomic E-state index is 5.58. The maximum Gasteiger partial charge on any atom is 0.119 e. The topological polar surface area (TPSA) is 18.5 Å². The molecule has 0 radical (unpaired) electrons.